The van der Waals surface area contributed by atoms with Crippen LogP contribution in [-0.4, -0.2) is 21.7 Å². The molecule has 3 aromatic rings. The number of aromatic nitrogens is 3. The number of rotatable bonds is 6. The summed E-state index contributed by atoms with van der Waals surface area (Å²) in [6, 6.07) is 12.5. The monoisotopic (exact) mass is 327 g/mol. The molecule has 122 valence electrons. The third kappa shape index (κ3) is 4.22. The fourth-order valence-corrected chi connectivity index (χ4v) is 2.13. The predicted octanol–water partition coefficient (Wildman–Crippen LogP) is 3.55. The van der Waals surface area contributed by atoms with Crippen molar-refractivity contribution in [2.45, 2.75) is 6.42 Å². The van der Waals surface area contributed by atoms with E-state index < -0.39 is 0 Å². The molecular weight excluding hydrogens is 312 g/mol. The van der Waals surface area contributed by atoms with Crippen LogP contribution in [0.5, 0.6) is 0 Å². The van der Waals surface area contributed by atoms with E-state index in [-0.39, 0.29) is 11.6 Å². The molecule has 0 saturated heterocycles. The Morgan fingerprint density at radius 2 is 1.75 bits per heavy atom. The smallest absolute Gasteiger partial charge is 0.244 e. The van der Waals surface area contributed by atoms with Gasteiger partial charge in [0.05, 0.1) is 6.20 Å². The van der Waals surface area contributed by atoms with Crippen molar-refractivity contribution in [3.63, 3.8) is 0 Å². The third-order valence-corrected chi connectivity index (χ3v) is 3.31. The maximum absolute atomic E-state index is 13.5. The average Bonchev–Trinajstić information content (AvgIpc) is 2.59. The largest absolute Gasteiger partial charge is 0.353 e. The van der Waals surface area contributed by atoms with Gasteiger partial charge in [-0.3, -0.25) is 0 Å². The molecule has 0 unspecified atom stereocenters. The lowest BCUT2D eigenvalue weighted by Gasteiger charge is -2.08. The van der Waals surface area contributed by atoms with Gasteiger partial charge in [0, 0.05) is 12.2 Å². The number of nitrogens with one attached hydrogen (secondary N) is 2. The Morgan fingerprint density at radius 1 is 0.958 bits per heavy atom. The Hall–Kier alpha value is -3.09. The summed E-state index contributed by atoms with van der Waals surface area (Å²) in [5, 5.41) is 13.8. The van der Waals surface area contributed by atoms with Gasteiger partial charge in [-0.25, -0.2) is 8.78 Å². The standard InChI is InChI=1S/C17H15F2N5/c18-13-5-7-14(8-6-13)22-16-11-21-24-17(23-16)20-10-9-12-3-1-2-4-15(12)19/h1-8,11H,9-10H2,(H2,20,22,23,24). The van der Waals surface area contributed by atoms with E-state index in [9.17, 15) is 8.78 Å². The maximum atomic E-state index is 13.5. The summed E-state index contributed by atoms with van der Waals surface area (Å²) >= 11 is 0. The summed E-state index contributed by atoms with van der Waals surface area (Å²) in [7, 11) is 0. The number of nitrogens with zero attached hydrogens (tertiary/aromatic N) is 3. The second-order valence-electron chi connectivity index (χ2n) is 5.07. The summed E-state index contributed by atoms with van der Waals surface area (Å²) in [5.41, 5.74) is 1.31. The third-order valence-electron chi connectivity index (χ3n) is 3.31. The van der Waals surface area contributed by atoms with E-state index >= 15 is 0 Å². The van der Waals surface area contributed by atoms with Crippen LogP contribution in [0.3, 0.4) is 0 Å². The lowest BCUT2D eigenvalue weighted by molar-refractivity contribution is 0.610. The molecule has 3 rings (SSSR count). The first-order valence-corrected chi connectivity index (χ1v) is 7.40. The first-order valence-electron chi connectivity index (χ1n) is 7.40. The number of anilines is 3. The van der Waals surface area contributed by atoms with E-state index in [0.29, 0.717) is 36.0 Å². The molecule has 2 N–H and O–H groups in total. The molecule has 1 heterocycles. The van der Waals surface area contributed by atoms with Crippen molar-refractivity contribution in [1.29, 1.82) is 0 Å². The number of hydrogen-bond donors (Lipinski definition) is 2. The number of hydrogen-bond acceptors (Lipinski definition) is 5. The summed E-state index contributed by atoms with van der Waals surface area (Å²) in [6.07, 6.45) is 1.97. The topological polar surface area (TPSA) is 62.7 Å². The van der Waals surface area contributed by atoms with Gasteiger partial charge >= 0.3 is 0 Å². The highest BCUT2D eigenvalue weighted by Gasteiger charge is 2.03. The van der Waals surface area contributed by atoms with E-state index in [0.717, 1.165) is 0 Å². The predicted molar refractivity (Wildman–Crippen MR) is 88.1 cm³/mol. The quantitative estimate of drug-likeness (QED) is 0.725. The van der Waals surface area contributed by atoms with Crippen LogP contribution in [0.1, 0.15) is 5.56 Å². The minimum atomic E-state index is -0.308. The van der Waals surface area contributed by atoms with Gasteiger partial charge in [0.25, 0.3) is 0 Å². The van der Waals surface area contributed by atoms with E-state index in [4.69, 9.17) is 0 Å². The van der Waals surface area contributed by atoms with Crippen molar-refractivity contribution in [2.75, 3.05) is 17.2 Å². The molecule has 0 aliphatic carbocycles. The second-order valence-corrected chi connectivity index (χ2v) is 5.07. The molecule has 2 aromatic carbocycles. The Morgan fingerprint density at radius 3 is 2.54 bits per heavy atom. The van der Waals surface area contributed by atoms with Crippen LogP contribution >= 0.6 is 0 Å². The second kappa shape index (κ2) is 7.45. The van der Waals surface area contributed by atoms with Crippen molar-refractivity contribution in [3.8, 4) is 0 Å². The fourth-order valence-electron chi connectivity index (χ4n) is 2.13. The van der Waals surface area contributed by atoms with Gasteiger partial charge in [0.15, 0.2) is 5.82 Å². The zero-order valence-electron chi connectivity index (χ0n) is 12.7. The van der Waals surface area contributed by atoms with Crippen LogP contribution in [0, 0.1) is 11.6 Å². The van der Waals surface area contributed by atoms with Crippen molar-refractivity contribution >= 4 is 17.5 Å². The van der Waals surface area contributed by atoms with Crippen LogP contribution in [0.15, 0.2) is 54.7 Å². The van der Waals surface area contributed by atoms with Crippen LogP contribution in [0.25, 0.3) is 0 Å². The highest BCUT2D eigenvalue weighted by atomic mass is 19.1. The Kier molecular flexibility index (Phi) is 4.90. The molecule has 0 aliphatic heterocycles. The summed E-state index contributed by atoms with van der Waals surface area (Å²) in [4.78, 5) is 4.26. The van der Waals surface area contributed by atoms with Crippen molar-refractivity contribution < 1.29 is 8.78 Å². The zero-order valence-corrected chi connectivity index (χ0v) is 12.7. The van der Waals surface area contributed by atoms with E-state index in [1.54, 1.807) is 30.3 Å². The summed E-state index contributed by atoms with van der Waals surface area (Å²) in [5.74, 6) is 0.269. The van der Waals surface area contributed by atoms with Gasteiger partial charge in [0.2, 0.25) is 5.95 Å². The first kappa shape index (κ1) is 15.8. The van der Waals surface area contributed by atoms with Crippen LogP contribution in [-0.2, 0) is 6.42 Å². The number of halogens is 2. The molecule has 0 saturated carbocycles. The van der Waals surface area contributed by atoms with E-state index in [1.807, 2.05) is 0 Å². The van der Waals surface area contributed by atoms with Crippen molar-refractivity contribution in [2.24, 2.45) is 0 Å². The van der Waals surface area contributed by atoms with Crippen molar-refractivity contribution in [3.05, 3.63) is 71.9 Å². The summed E-state index contributed by atoms with van der Waals surface area (Å²) < 4.78 is 26.4. The van der Waals surface area contributed by atoms with Gasteiger partial charge in [-0.1, -0.05) is 18.2 Å². The first-order chi connectivity index (χ1) is 11.7. The molecule has 7 heteroatoms. The fraction of sp³-hybridized carbons (Fsp3) is 0.118. The molecule has 0 radical (unpaired) electrons. The van der Waals surface area contributed by atoms with E-state index in [2.05, 4.69) is 25.8 Å². The SMILES string of the molecule is Fc1ccc(Nc2cnnc(NCCc3ccccc3F)n2)cc1. The highest BCUT2D eigenvalue weighted by Crippen LogP contribution is 2.15. The summed E-state index contributed by atoms with van der Waals surface area (Å²) in [6.45, 7) is 0.475. The highest BCUT2D eigenvalue weighted by molar-refractivity contribution is 5.55. The average molecular weight is 327 g/mol. The molecule has 0 spiro atoms. The van der Waals surface area contributed by atoms with Crippen molar-refractivity contribution in [1.82, 2.24) is 15.2 Å². The minimum Gasteiger partial charge on any atom is -0.353 e. The van der Waals surface area contributed by atoms with Crippen LogP contribution < -0.4 is 10.6 Å². The molecule has 0 fully saturated rings. The molecule has 0 bridgehead atoms. The molecule has 24 heavy (non-hydrogen) atoms. The normalized spacial score (nSPS) is 10.4. The van der Waals surface area contributed by atoms with Gasteiger partial charge in [-0.2, -0.15) is 10.1 Å². The van der Waals surface area contributed by atoms with Gasteiger partial charge < -0.3 is 10.6 Å². The van der Waals surface area contributed by atoms with Crippen LogP contribution in [0.2, 0.25) is 0 Å². The van der Waals surface area contributed by atoms with Gasteiger partial charge in [0.1, 0.15) is 11.6 Å². The molecule has 5 nitrogen and oxygen atoms in total. The Bertz CT molecular complexity index is 808. The maximum Gasteiger partial charge on any atom is 0.244 e. The van der Waals surface area contributed by atoms with Gasteiger partial charge in [-0.05, 0) is 42.3 Å². The molecule has 1 aromatic heterocycles. The van der Waals surface area contributed by atoms with Crippen LogP contribution in [0.4, 0.5) is 26.2 Å². The van der Waals surface area contributed by atoms with Gasteiger partial charge in [-0.15, -0.1) is 5.10 Å². The van der Waals surface area contributed by atoms with E-state index in [1.165, 1.54) is 24.4 Å². The Balaban J connectivity index is 1.59. The minimum absolute atomic E-state index is 0.231. The molecule has 0 atom stereocenters. The Labute approximate surface area is 137 Å². The molecule has 0 aliphatic rings. The molecule has 0 amide bonds. The lowest BCUT2D eigenvalue weighted by Crippen LogP contribution is -2.10. The zero-order chi connectivity index (χ0) is 16.8. The molecular formula is C17H15F2N5. The lowest BCUT2D eigenvalue weighted by atomic mass is 10.1. The number of benzene rings is 2.